The van der Waals surface area contributed by atoms with Crippen LogP contribution in [0.1, 0.15) is 28.5 Å². The lowest BCUT2D eigenvalue weighted by atomic mass is 10.0. The SMILES string of the molecule is C=C(C)c1cnc2c(Oc3ccc(NC(=O)c4c[nH]c(C)c(-c5ccc(F)cc5)c4=O)cc3)ccnc2c1. The van der Waals surface area contributed by atoms with Gasteiger partial charge >= 0.3 is 0 Å². The van der Waals surface area contributed by atoms with Crippen LogP contribution in [0.5, 0.6) is 11.5 Å². The Morgan fingerprint density at radius 3 is 2.50 bits per heavy atom. The molecule has 1 amide bonds. The number of aromatic amines is 1. The molecule has 3 heterocycles. The number of nitrogens with zero attached hydrogens (tertiary/aromatic N) is 2. The molecular formula is C30H23FN4O3. The number of benzene rings is 2. The van der Waals surface area contributed by atoms with E-state index in [-0.39, 0.29) is 5.56 Å². The first-order valence-electron chi connectivity index (χ1n) is 11.8. The highest BCUT2D eigenvalue weighted by atomic mass is 19.1. The van der Waals surface area contributed by atoms with E-state index in [1.165, 1.54) is 30.5 Å². The summed E-state index contributed by atoms with van der Waals surface area (Å²) in [6, 6.07) is 15.9. The predicted molar refractivity (Wildman–Crippen MR) is 146 cm³/mol. The summed E-state index contributed by atoms with van der Waals surface area (Å²) in [4.78, 5) is 37.9. The Kier molecular flexibility index (Phi) is 6.53. The molecule has 0 saturated carbocycles. The van der Waals surface area contributed by atoms with Crippen molar-refractivity contribution in [3.8, 4) is 22.6 Å². The number of amides is 1. The number of carbonyl (C=O) groups is 1. The zero-order valence-electron chi connectivity index (χ0n) is 20.7. The predicted octanol–water partition coefficient (Wildman–Crippen LogP) is 6.51. The van der Waals surface area contributed by atoms with Gasteiger partial charge in [-0.3, -0.25) is 19.6 Å². The molecular weight excluding hydrogens is 483 g/mol. The summed E-state index contributed by atoms with van der Waals surface area (Å²) in [7, 11) is 0. The summed E-state index contributed by atoms with van der Waals surface area (Å²) in [6.45, 7) is 7.57. The number of allylic oxidation sites excluding steroid dienone is 1. The maximum Gasteiger partial charge on any atom is 0.261 e. The summed E-state index contributed by atoms with van der Waals surface area (Å²) in [5.41, 5.74) is 4.49. The molecule has 0 radical (unpaired) electrons. The van der Waals surface area contributed by atoms with Gasteiger partial charge < -0.3 is 15.0 Å². The van der Waals surface area contributed by atoms with Crippen LogP contribution >= 0.6 is 0 Å². The third kappa shape index (κ3) is 4.92. The van der Waals surface area contributed by atoms with Crippen LogP contribution in [0.4, 0.5) is 10.1 Å². The Morgan fingerprint density at radius 2 is 1.79 bits per heavy atom. The molecule has 5 aromatic rings. The second-order valence-electron chi connectivity index (χ2n) is 8.80. The van der Waals surface area contributed by atoms with E-state index >= 15 is 0 Å². The van der Waals surface area contributed by atoms with E-state index in [4.69, 9.17) is 4.74 Å². The molecule has 8 heteroatoms. The minimum absolute atomic E-state index is 0.0567. The van der Waals surface area contributed by atoms with Crippen molar-refractivity contribution in [1.29, 1.82) is 0 Å². The molecule has 188 valence electrons. The first kappa shape index (κ1) is 24.6. The number of fused-ring (bicyclic) bond motifs is 1. The van der Waals surface area contributed by atoms with E-state index in [0.29, 0.717) is 45.0 Å². The number of hydrogen-bond donors (Lipinski definition) is 2. The van der Waals surface area contributed by atoms with Crippen LogP contribution in [0.15, 0.2) is 90.6 Å². The first-order chi connectivity index (χ1) is 18.3. The van der Waals surface area contributed by atoms with E-state index in [2.05, 4.69) is 26.8 Å². The van der Waals surface area contributed by atoms with Gasteiger partial charge in [-0.2, -0.15) is 0 Å². The van der Waals surface area contributed by atoms with Crippen molar-refractivity contribution in [2.24, 2.45) is 0 Å². The Labute approximate surface area is 217 Å². The van der Waals surface area contributed by atoms with E-state index in [9.17, 15) is 14.0 Å². The molecule has 0 aliphatic rings. The molecule has 0 fully saturated rings. The number of pyridine rings is 3. The summed E-state index contributed by atoms with van der Waals surface area (Å²) < 4.78 is 19.4. The zero-order chi connectivity index (χ0) is 26.8. The van der Waals surface area contributed by atoms with E-state index in [0.717, 1.165) is 11.1 Å². The maximum atomic E-state index is 13.3. The number of aryl methyl sites for hydroxylation is 1. The lowest BCUT2D eigenvalue weighted by molar-refractivity contribution is 0.102. The zero-order valence-corrected chi connectivity index (χ0v) is 20.7. The van der Waals surface area contributed by atoms with Crippen molar-refractivity contribution >= 4 is 28.2 Å². The average Bonchev–Trinajstić information content (AvgIpc) is 2.90. The van der Waals surface area contributed by atoms with Crippen molar-refractivity contribution in [3.63, 3.8) is 0 Å². The fourth-order valence-electron chi connectivity index (χ4n) is 4.01. The van der Waals surface area contributed by atoms with Crippen molar-refractivity contribution in [3.05, 3.63) is 119 Å². The standard InChI is InChI=1S/C30H23FN4O3/c1-17(2)20-14-25-28(34-15-20)26(12-13-32-25)38-23-10-8-22(9-11-23)35-30(37)24-16-33-18(3)27(29(24)36)19-4-6-21(31)7-5-19/h4-16H,1H2,2-3H3,(H,33,36)(H,35,37). The molecule has 38 heavy (non-hydrogen) atoms. The number of H-pyrrole nitrogens is 1. The van der Waals surface area contributed by atoms with Crippen LogP contribution in [0.25, 0.3) is 27.7 Å². The summed E-state index contributed by atoms with van der Waals surface area (Å²) in [5, 5.41) is 2.74. The topological polar surface area (TPSA) is 97.0 Å². The van der Waals surface area contributed by atoms with Gasteiger partial charge in [0.2, 0.25) is 5.43 Å². The van der Waals surface area contributed by atoms with Crippen LogP contribution in [-0.2, 0) is 0 Å². The largest absolute Gasteiger partial charge is 0.455 e. The molecule has 2 N–H and O–H groups in total. The number of rotatable bonds is 6. The van der Waals surface area contributed by atoms with Crippen LogP contribution in [0, 0.1) is 12.7 Å². The Balaban J connectivity index is 1.35. The van der Waals surface area contributed by atoms with E-state index in [1.807, 2.05) is 13.0 Å². The van der Waals surface area contributed by atoms with Gasteiger partial charge in [0.25, 0.3) is 5.91 Å². The number of anilines is 1. The molecule has 3 aromatic heterocycles. The molecule has 0 spiro atoms. The van der Waals surface area contributed by atoms with Gasteiger partial charge in [-0.05, 0) is 73.0 Å². The fourth-order valence-corrected chi connectivity index (χ4v) is 4.01. The van der Waals surface area contributed by atoms with Crippen molar-refractivity contribution in [2.45, 2.75) is 13.8 Å². The van der Waals surface area contributed by atoms with Crippen LogP contribution < -0.4 is 15.5 Å². The molecule has 0 aliphatic heterocycles. The number of hydrogen-bond acceptors (Lipinski definition) is 5. The van der Waals surface area contributed by atoms with Crippen LogP contribution in [0.3, 0.4) is 0 Å². The van der Waals surface area contributed by atoms with Crippen molar-refractivity contribution in [1.82, 2.24) is 15.0 Å². The molecule has 0 bridgehead atoms. The second kappa shape index (κ2) is 10.1. The normalized spacial score (nSPS) is 10.8. The van der Waals surface area contributed by atoms with E-state index < -0.39 is 17.2 Å². The number of nitrogens with one attached hydrogen (secondary N) is 2. The molecule has 2 aromatic carbocycles. The number of aromatic nitrogens is 3. The highest BCUT2D eigenvalue weighted by Gasteiger charge is 2.17. The van der Waals surface area contributed by atoms with Gasteiger partial charge in [0.1, 0.15) is 22.6 Å². The third-order valence-corrected chi connectivity index (χ3v) is 6.03. The first-order valence-corrected chi connectivity index (χ1v) is 11.8. The fraction of sp³-hybridized carbons (Fsp3) is 0.0667. The third-order valence-electron chi connectivity index (χ3n) is 6.03. The van der Waals surface area contributed by atoms with Gasteiger partial charge in [0.05, 0.1) is 5.52 Å². The summed E-state index contributed by atoms with van der Waals surface area (Å²) in [5.74, 6) is 0.1000. The Morgan fingerprint density at radius 1 is 1.05 bits per heavy atom. The summed E-state index contributed by atoms with van der Waals surface area (Å²) >= 11 is 0. The van der Waals surface area contributed by atoms with Gasteiger partial charge in [-0.15, -0.1) is 0 Å². The highest BCUT2D eigenvalue weighted by Crippen LogP contribution is 2.29. The molecule has 5 rings (SSSR count). The minimum Gasteiger partial charge on any atom is -0.455 e. The quantitative estimate of drug-likeness (QED) is 0.274. The maximum absolute atomic E-state index is 13.3. The van der Waals surface area contributed by atoms with Crippen LogP contribution in [-0.4, -0.2) is 20.9 Å². The summed E-state index contributed by atoms with van der Waals surface area (Å²) in [6.07, 6.45) is 4.75. The minimum atomic E-state index is -0.569. The average molecular weight is 507 g/mol. The highest BCUT2D eigenvalue weighted by molar-refractivity contribution is 6.04. The molecule has 0 aliphatic carbocycles. The molecule has 7 nitrogen and oxygen atoms in total. The van der Waals surface area contributed by atoms with Gasteiger partial charge in [-0.1, -0.05) is 18.7 Å². The number of ether oxygens (including phenoxy) is 1. The number of halogens is 1. The lowest BCUT2D eigenvalue weighted by Crippen LogP contribution is -2.23. The van der Waals surface area contributed by atoms with Gasteiger partial charge in [-0.25, -0.2) is 4.39 Å². The van der Waals surface area contributed by atoms with E-state index in [1.54, 1.807) is 49.6 Å². The van der Waals surface area contributed by atoms with Crippen molar-refractivity contribution < 1.29 is 13.9 Å². The van der Waals surface area contributed by atoms with Gasteiger partial charge in [0.15, 0.2) is 5.75 Å². The molecule has 0 saturated heterocycles. The smallest absolute Gasteiger partial charge is 0.261 e. The Hall–Kier alpha value is -5.11. The Bertz CT molecular complexity index is 1740. The monoisotopic (exact) mass is 506 g/mol. The molecule has 0 unspecified atom stereocenters. The van der Waals surface area contributed by atoms with Crippen LogP contribution in [0.2, 0.25) is 0 Å². The van der Waals surface area contributed by atoms with Crippen molar-refractivity contribution in [2.75, 3.05) is 5.32 Å². The molecule has 0 atom stereocenters. The lowest BCUT2D eigenvalue weighted by Gasteiger charge is -2.11. The number of carbonyl (C=O) groups excluding carboxylic acids is 1. The second-order valence-corrected chi connectivity index (χ2v) is 8.80. The van der Waals surface area contributed by atoms with Gasteiger partial charge in [0, 0.05) is 41.6 Å².